The van der Waals surface area contributed by atoms with Crippen LogP contribution >= 0.6 is 34.3 Å². The molecule has 1 fully saturated rings. The minimum atomic E-state index is 0.117. The highest BCUT2D eigenvalue weighted by Crippen LogP contribution is 2.32. The van der Waals surface area contributed by atoms with E-state index in [0.717, 1.165) is 56.6 Å². The molecule has 0 saturated carbocycles. The van der Waals surface area contributed by atoms with Crippen LogP contribution in [0.15, 0.2) is 41.9 Å². The van der Waals surface area contributed by atoms with Crippen LogP contribution < -0.4 is 0 Å². The zero-order chi connectivity index (χ0) is 17.7. The molecule has 1 aliphatic heterocycles. The van der Waals surface area contributed by atoms with Crippen LogP contribution in [0.3, 0.4) is 0 Å². The quantitative estimate of drug-likeness (QED) is 0.478. The lowest BCUT2D eigenvalue weighted by molar-refractivity contribution is 0.0741. The van der Waals surface area contributed by atoms with Crippen molar-refractivity contribution in [2.45, 2.75) is 25.3 Å². The fourth-order valence-electron chi connectivity index (χ4n) is 3.73. The first-order chi connectivity index (χ1) is 12.7. The van der Waals surface area contributed by atoms with Crippen molar-refractivity contribution in [3.63, 3.8) is 0 Å². The van der Waals surface area contributed by atoms with Crippen LogP contribution in [0.2, 0.25) is 5.02 Å². The molecule has 132 valence electrons. The predicted molar refractivity (Wildman–Crippen MR) is 108 cm³/mol. The average molecular weight is 402 g/mol. The summed E-state index contributed by atoms with van der Waals surface area (Å²) in [6.45, 7) is 0.810. The fourth-order valence-corrected chi connectivity index (χ4v) is 5.70. The zero-order valence-corrected chi connectivity index (χ0v) is 16.3. The van der Waals surface area contributed by atoms with Crippen LogP contribution in [-0.4, -0.2) is 32.8 Å². The third kappa shape index (κ3) is 2.64. The van der Waals surface area contributed by atoms with Gasteiger partial charge in [0.2, 0.25) is 0 Å². The molecule has 4 nitrogen and oxygen atoms in total. The summed E-state index contributed by atoms with van der Waals surface area (Å²) in [6.07, 6.45) is 4.88. The molecule has 5 rings (SSSR count). The van der Waals surface area contributed by atoms with Crippen molar-refractivity contribution >= 4 is 55.5 Å². The summed E-state index contributed by atoms with van der Waals surface area (Å²) in [5, 5.41) is 2.79. The van der Waals surface area contributed by atoms with E-state index in [1.54, 1.807) is 11.3 Å². The van der Waals surface area contributed by atoms with E-state index < -0.39 is 0 Å². The molecule has 1 aliphatic rings. The van der Waals surface area contributed by atoms with Gasteiger partial charge in [0.25, 0.3) is 5.91 Å². The standard InChI is InChI=1S/C19H16ClN3OS2/c20-14-6-2-1-4-12(14)10-13-5-3-7-22(13)18(24)16-11-15-17(26-16)21-19-23(15)8-9-25-19/h1-2,4,6,8-9,11,13H,3,5,7,10H2. The van der Waals surface area contributed by atoms with E-state index in [0.29, 0.717) is 0 Å². The molecule has 26 heavy (non-hydrogen) atoms. The van der Waals surface area contributed by atoms with Gasteiger partial charge < -0.3 is 4.90 Å². The minimum absolute atomic E-state index is 0.117. The summed E-state index contributed by atoms with van der Waals surface area (Å²) >= 11 is 9.42. The number of rotatable bonds is 3. The van der Waals surface area contributed by atoms with Crippen LogP contribution in [0.25, 0.3) is 15.3 Å². The third-order valence-corrected chi connectivity index (χ3v) is 7.13. The highest BCUT2D eigenvalue weighted by Gasteiger charge is 2.31. The molecule has 1 amide bonds. The summed E-state index contributed by atoms with van der Waals surface area (Å²) in [5.74, 6) is 0.117. The predicted octanol–water partition coefficient (Wildman–Crippen LogP) is 5.11. The van der Waals surface area contributed by atoms with Gasteiger partial charge in [-0.2, -0.15) is 0 Å². The molecule has 1 aromatic carbocycles. The second-order valence-corrected chi connectivity index (χ2v) is 8.87. The van der Waals surface area contributed by atoms with E-state index >= 15 is 0 Å². The van der Waals surface area contributed by atoms with Gasteiger partial charge in [-0.1, -0.05) is 29.8 Å². The number of carbonyl (C=O) groups excluding carboxylic acids is 1. The largest absolute Gasteiger partial charge is 0.335 e. The van der Waals surface area contributed by atoms with E-state index in [2.05, 4.69) is 15.5 Å². The Morgan fingerprint density at radius 1 is 1.35 bits per heavy atom. The van der Waals surface area contributed by atoms with Crippen molar-refractivity contribution in [2.75, 3.05) is 6.54 Å². The van der Waals surface area contributed by atoms with Gasteiger partial charge in [0.1, 0.15) is 4.83 Å². The molecule has 3 aromatic heterocycles. The molecule has 7 heteroatoms. The highest BCUT2D eigenvalue weighted by atomic mass is 35.5. The number of amides is 1. The van der Waals surface area contributed by atoms with Gasteiger partial charge in [0.15, 0.2) is 4.96 Å². The zero-order valence-electron chi connectivity index (χ0n) is 13.9. The Labute approximate surface area is 163 Å². The van der Waals surface area contributed by atoms with E-state index in [1.807, 2.05) is 40.7 Å². The Balaban J connectivity index is 1.43. The van der Waals surface area contributed by atoms with Crippen LogP contribution in [0.1, 0.15) is 28.1 Å². The minimum Gasteiger partial charge on any atom is -0.335 e. The third-order valence-electron chi connectivity index (χ3n) is 5.00. The van der Waals surface area contributed by atoms with Crippen LogP contribution in [-0.2, 0) is 6.42 Å². The maximum Gasteiger partial charge on any atom is 0.264 e. The first-order valence-electron chi connectivity index (χ1n) is 8.60. The van der Waals surface area contributed by atoms with Gasteiger partial charge in [-0.3, -0.25) is 9.20 Å². The van der Waals surface area contributed by atoms with Crippen molar-refractivity contribution in [3.8, 4) is 0 Å². The second kappa shape index (κ2) is 6.37. The van der Waals surface area contributed by atoms with Crippen molar-refractivity contribution in [3.05, 3.63) is 57.4 Å². The number of likely N-dealkylation sites (tertiary alicyclic amines) is 1. The average Bonchev–Trinajstić information content (AvgIpc) is 3.37. The number of thiophene rings is 1. The maximum atomic E-state index is 13.1. The molecule has 1 saturated heterocycles. The number of nitrogens with zero attached hydrogens (tertiary/aromatic N) is 3. The highest BCUT2D eigenvalue weighted by molar-refractivity contribution is 7.21. The Kier molecular flexibility index (Phi) is 3.99. The molecule has 1 unspecified atom stereocenters. The Morgan fingerprint density at radius 3 is 3.12 bits per heavy atom. The number of thiazole rings is 1. The number of benzene rings is 1. The number of aromatic nitrogens is 2. The number of fused-ring (bicyclic) bond motifs is 3. The number of hydrogen-bond donors (Lipinski definition) is 0. The van der Waals surface area contributed by atoms with E-state index in [1.165, 1.54) is 11.3 Å². The number of hydrogen-bond acceptors (Lipinski definition) is 4. The summed E-state index contributed by atoms with van der Waals surface area (Å²) in [4.78, 5) is 22.5. The van der Waals surface area contributed by atoms with Gasteiger partial charge in [-0.25, -0.2) is 4.98 Å². The molecule has 0 N–H and O–H groups in total. The van der Waals surface area contributed by atoms with E-state index in [9.17, 15) is 4.79 Å². The molecule has 0 spiro atoms. The van der Waals surface area contributed by atoms with Gasteiger partial charge in [-0.15, -0.1) is 22.7 Å². The monoisotopic (exact) mass is 401 g/mol. The van der Waals surface area contributed by atoms with Gasteiger partial charge in [0, 0.05) is 29.2 Å². The van der Waals surface area contributed by atoms with Gasteiger partial charge >= 0.3 is 0 Å². The fraction of sp³-hybridized carbons (Fsp3) is 0.263. The molecule has 1 atom stereocenters. The van der Waals surface area contributed by atoms with Crippen LogP contribution in [0.5, 0.6) is 0 Å². The lowest BCUT2D eigenvalue weighted by atomic mass is 10.0. The summed E-state index contributed by atoms with van der Waals surface area (Å²) in [5.41, 5.74) is 2.14. The molecule has 4 heterocycles. The molecular weight excluding hydrogens is 386 g/mol. The Bertz CT molecular complexity index is 1110. The second-order valence-electron chi connectivity index (χ2n) is 6.56. The molecule has 0 bridgehead atoms. The molecular formula is C19H16ClN3OS2. The normalized spacial score (nSPS) is 17.6. The lowest BCUT2D eigenvalue weighted by Gasteiger charge is -2.24. The number of carbonyl (C=O) groups is 1. The molecule has 0 radical (unpaired) electrons. The first kappa shape index (κ1) is 16.3. The lowest BCUT2D eigenvalue weighted by Crippen LogP contribution is -2.36. The Morgan fingerprint density at radius 2 is 2.23 bits per heavy atom. The Hall–Kier alpha value is -1.89. The van der Waals surface area contributed by atoms with Crippen LogP contribution in [0.4, 0.5) is 0 Å². The van der Waals surface area contributed by atoms with Crippen molar-refractivity contribution < 1.29 is 4.79 Å². The topological polar surface area (TPSA) is 37.6 Å². The first-order valence-corrected chi connectivity index (χ1v) is 10.7. The van der Waals surface area contributed by atoms with Gasteiger partial charge in [-0.05, 0) is 37.0 Å². The van der Waals surface area contributed by atoms with Crippen molar-refractivity contribution in [1.29, 1.82) is 0 Å². The van der Waals surface area contributed by atoms with Crippen molar-refractivity contribution in [1.82, 2.24) is 14.3 Å². The van der Waals surface area contributed by atoms with Crippen molar-refractivity contribution in [2.24, 2.45) is 0 Å². The molecule has 0 aliphatic carbocycles. The van der Waals surface area contributed by atoms with Crippen LogP contribution in [0, 0.1) is 0 Å². The van der Waals surface area contributed by atoms with Gasteiger partial charge in [0.05, 0.1) is 10.4 Å². The number of halogens is 1. The number of imidazole rings is 1. The SMILES string of the molecule is O=C(c1cc2c(nc3sccn32)s1)N1CCCC1Cc1ccccc1Cl. The van der Waals surface area contributed by atoms with E-state index in [4.69, 9.17) is 11.6 Å². The smallest absolute Gasteiger partial charge is 0.264 e. The maximum absolute atomic E-state index is 13.1. The molecule has 4 aromatic rings. The van der Waals surface area contributed by atoms with E-state index in [-0.39, 0.29) is 11.9 Å². The summed E-state index contributed by atoms with van der Waals surface area (Å²) in [6, 6.07) is 10.1. The summed E-state index contributed by atoms with van der Waals surface area (Å²) < 4.78 is 2.05. The summed E-state index contributed by atoms with van der Waals surface area (Å²) in [7, 11) is 0.